The lowest BCUT2D eigenvalue weighted by Crippen LogP contribution is -2.10. The Bertz CT molecular complexity index is 734. The van der Waals surface area contributed by atoms with E-state index in [2.05, 4.69) is 15.9 Å². The van der Waals surface area contributed by atoms with Crippen LogP contribution in [0.1, 0.15) is 11.1 Å². The van der Waals surface area contributed by atoms with Gasteiger partial charge in [0.25, 0.3) is 0 Å². The van der Waals surface area contributed by atoms with Gasteiger partial charge in [0.05, 0.1) is 11.1 Å². The molecule has 0 radical (unpaired) electrons. The fourth-order valence-electron chi connectivity index (χ4n) is 1.46. The first kappa shape index (κ1) is 22.2. The number of hydrogen-bond acceptors (Lipinski definition) is 0. The van der Waals surface area contributed by atoms with E-state index in [9.17, 15) is 48.3 Å². The Morgan fingerprint density at radius 2 is 0.885 bits per heavy atom. The van der Waals surface area contributed by atoms with Crippen molar-refractivity contribution in [3.8, 4) is 0 Å². The molecule has 144 valence electrons. The van der Waals surface area contributed by atoms with E-state index in [4.69, 9.17) is 0 Å². The van der Waals surface area contributed by atoms with Crippen LogP contribution in [0.2, 0.25) is 0 Å². The summed E-state index contributed by atoms with van der Waals surface area (Å²) in [5.74, 6) is -9.65. The maximum atomic E-state index is 12.1. The molecule has 0 aliphatic heterocycles. The van der Waals surface area contributed by atoms with Gasteiger partial charge in [-0.25, -0.2) is 22.0 Å². The maximum Gasteiger partial charge on any atom is 0.416 e. The standard InChI is InChI=1S/C8H3BrF6.C6HF5/c9-6-2-4(7(10,11)12)1-5(3-6)8(13,14)15;7-2-1-3(8)5(10)6(11)4(2)9/h1-3H;1H. The van der Waals surface area contributed by atoms with E-state index < -0.39 is 52.6 Å². The molecule has 0 unspecified atom stereocenters. The van der Waals surface area contributed by atoms with E-state index in [-0.39, 0.29) is 16.6 Å². The number of hydrogen-bond donors (Lipinski definition) is 0. The predicted octanol–water partition coefficient (Wildman–Crippen LogP) is 6.87. The first-order valence-electron chi connectivity index (χ1n) is 6.08. The Balaban J connectivity index is 0.000000273. The molecule has 0 N–H and O–H groups in total. The minimum atomic E-state index is -4.79. The van der Waals surface area contributed by atoms with Gasteiger partial charge in [-0.1, -0.05) is 15.9 Å². The zero-order chi connectivity index (χ0) is 20.4. The number of rotatable bonds is 0. The van der Waals surface area contributed by atoms with Crippen molar-refractivity contribution in [1.29, 1.82) is 0 Å². The summed E-state index contributed by atoms with van der Waals surface area (Å²) in [6.07, 6.45) is -9.58. The van der Waals surface area contributed by atoms with Crippen LogP contribution >= 0.6 is 15.9 Å². The molecule has 0 nitrogen and oxygen atoms in total. The summed E-state index contributed by atoms with van der Waals surface area (Å²) in [7, 11) is 0. The molecule has 0 amide bonds. The van der Waals surface area contributed by atoms with Crippen LogP contribution in [0.25, 0.3) is 0 Å². The van der Waals surface area contributed by atoms with Gasteiger partial charge in [0.15, 0.2) is 23.3 Å². The Hall–Kier alpha value is -1.85. The largest absolute Gasteiger partial charge is 0.416 e. The third-order valence-corrected chi connectivity index (χ3v) is 3.07. The number of alkyl halides is 6. The molecule has 0 fully saturated rings. The van der Waals surface area contributed by atoms with E-state index in [1.54, 1.807) is 0 Å². The quantitative estimate of drug-likeness (QED) is 0.228. The summed E-state index contributed by atoms with van der Waals surface area (Å²) in [6.45, 7) is 0. The minimum absolute atomic E-state index is 0.0618. The first-order valence-corrected chi connectivity index (χ1v) is 6.87. The van der Waals surface area contributed by atoms with Crippen LogP contribution in [0, 0.1) is 29.1 Å². The summed E-state index contributed by atoms with van der Waals surface area (Å²) in [4.78, 5) is 0. The molecule has 0 atom stereocenters. The van der Waals surface area contributed by atoms with E-state index in [0.29, 0.717) is 12.1 Å². The van der Waals surface area contributed by atoms with Gasteiger partial charge in [-0.05, 0) is 18.2 Å². The van der Waals surface area contributed by atoms with Gasteiger partial charge in [-0.2, -0.15) is 26.3 Å². The van der Waals surface area contributed by atoms with Crippen LogP contribution < -0.4 is 0 Å². The molecule has 0 bridgehead atoms. The Kier molecular flexibility index (Phi) is 6.66. The fraction of sp³-hybridized carbons (Fsp3) is 0.143. The predicted molar refractivity (Wildman–Crippen MR) is 70.4 cm³/mol. The van der Waals surface area contributed by atoms with Crippen molar-refractivity contribution in [2.24, 2.45) is 0 Å². The summed E-state index contributed by atoms with van der Waals surface area (Å²) < 4.78 is 133. The highest BCUT2D eigenvalue weighted by molar-refractivity contribution is 9.10. The average molecular weight is 461 g/mol. The van der Waals surface area contributed by atoms with Crippen molar-refractivity contribution in [3.05, 3.63) is 69.0 Å². The van der Waals surface area contributed by atoms with Crippen LogP contribution in [0.3, 0.4) is 0 Å². The van der Waals surface area contributed by atoms with Crippen LogP contribution in [0.15, 0.2) is 28.7 Å². The summed E-state index contributed by atoms with van der Waals surface area (Å²) in [5, 5.41) is 0. The number of benzene rings is 2. The van der Waals surface area contributed by atoms with Crippen molar-refractivity contribution in [2.75, 3.05) is 0 Å². The third-order valence-electron chi connectivity index (χ3n) is 2.61. The van der Waals surface area contributed by atoms with E-state index >= 15 is 0 Å². The Morgan fingerprint density at radius 1 is 0.538 bits per heavy atom. The van der Waals surface area contributed by atoms with Crippen LogP contribution in [-0.4, -0.2) is 0 Å². The van der Waals surface area contributed by atoms with Crippen molar-refractivity contribution in [1.82, 2.24) is 0 Å². The molecule has 0 aliphatic rings. The minimum Gasteiger partial charge on any atom is -0.204 e. The zero-order valence-corrected chi connectivity index (χ0v) is 13.4. The second-order valence-corrected chi connectivity index (χ2v) is 5.42. The van der Waals surface area contributed by atoms with Crippen LogP contribution in [-0.2, 0) is 12.4 Å². The molecule has 0 saturated carbocycles. The van der Waals surface area contributed by atoms with Gasteiger partial charge in [-0.15, -0.1) is 0 Å². The molecule has 2 rings (SSSR count). The monoisotopic (exact) mass is 460 g/mol. The first-order chi connectivity index (χ1) is 11.6. The van der Waals surface area contributed by atoms with E-state index in [1.165, 1.54) is 0 Å². The lowest BCUT2D eigenvalue weighted by atomic mass is 10.1. The molecule has 0 aromatic heterocycles. The fourth-order valence-corrected chi connectivity index (χ4v) is 1.95. The van der Waals surface area contributed by atoms with Gasteiger partial charge in [0.1, 0.15) is 0 Å². The van der Waals surface area contributed by atoms with Gasteiger partial charge >= 0.3 is 12.4 Å². The van der Waals surface area contributed by atoms with Crippen molar-refractivity contribution in [3.63, 3.8) is 0 Å². The molecule has 2 aromatic carbocycles. The van der Waals surface area contributed by atoms with Crippen molar-refractivity contribution in [2.45, 2.75) is 12.4 Å². The second-order valence-electron chi connectivity index (χ2n) is 4.51. The third kappa shape index (κ3) is 5.58. The molecular formula is C14H4BrF11. The highest BCUT2D eigenvalue weighted by atomic mass is 79.9. The zero-order valence-electron chi connectivity index (χ0n) is 11.8. The Labute approximate surface area is 146 Å². The van der Waals surface area contributed by atoms with E-state index in [0.717, 1.165) is 0 Å². The molecule has 0 aliphatic carbocycles. The van der Waals surface area contributed by atoms with E-state index in [1.807, 2.05) is 0 Å². The molecule has 26 heavy (non-hydrogen) atoms. The lowest BCUT2D eigenvalue weighted by Gasteiger charge is -2.11. The van der Waals surface area contributed by atoms with Gasteiger partial charge < -0.3 is 0 Å². The lowest BCUT2D eigenvalue weighted by molar-refractivity contribution is -0.143. The molecule has 0 spiro atoms. The summed E-state index contributed by atoms with van der Waals surface area (Å²) in [6, 6.07) is 1.20. The smallest absolute Gasteiger partial charge is 0.204 e. The molecule has 0 saturated heterocycles. The van der Waals surface area contributed by atoms with Gasteiger partial charge in [0, 0.05) is 10.5 Å². The SMILES string of the molecule is FC(F)(F)c1cc(Br)cc(C(F)(F)F)c1.Fc1cc(F)c(F)c(F)c1F. The topological polar surface area (TPSA) is 0 Å². The highest BCUT2D eigenvalue weighted by Crippen LogP contribution is 2.37. The molecule has 2 aromatic rings. The molecular weight excluding hydrogens is 457 g/mol. The Morgan fingerprint density at radius 3 is 1.19 bits per heavy atom. The van der Waals surface area contributed by atoms with Crippen molar-refractivity contribution < 1.29 is 48.3 Å². The normalized spacial score (nSPS) is 11.8. The van der Waals surface area contributed by atoms with Crippen LogP contribution in [0.4, 0.5) is 48.3 Å². The van der Waals surface area contributed by atoms with Crippen molar-refractivity contribution >= 4 is 15.9 Å². The summed E-state index contributed by atoms with van der Waals surface area (Å²) >= 11 is 2.60. The molecule has 0 heterocycles. The van der Waals surface area contributed by atoms with Gasteiger partial charge in [-0.3, -0.25) is 0 Å². The highest BCUT2D eigenvalue weighted by Gasteiger charge is 2.36. The van der Waals surface area contributed by atoms with Gasteiger partial charge in [0.2, 0.25) is 5.82 Å². The van der Waals surface area contributed by atoms with Crippen LogP contribution in [0.5, 0.6) is 0 Å². The molecule has 12 heteroatoms. The average Bonchev–Trinajstić information content (AvgIpc) is 2.49. The number of halogens is 12. The second kappa shape index (κ2) is 7.80. The maximum absolute atomic E-state index is 12.1. The summed E-state index contributed by atoms with van der Waals surface area (Å²) in [5.41, 5.74) is -2.66.